The molecule has 2 amide bonds. The molecule has 0 bridgehead atoms. The van der Waals surface area contributed by atoms with E-state index < -0.39 is 21.6 Å². The summed E-state index contributed by atoms with van der Waals surface area (Å²) in [6.45, 7) is 8.43. The molecule has 1 N–H and O–H groups in total. The fourth-order valence-electron chi connectivity index (χ4n) is 4.22. The zero-order valence-corrected chi connectivity index (χ0v) is 24.3. The van der Waals surface area contributed by atoms with Crippen LogP contribution < -0.4 is 23.8 Å². The summed E-state index contributed by atoms with van der Waals surface area (Å²) in [5.74, 6) is 1.16. The van der Waals surface area contributed by atoms with Gasteiger partial charge < -0.3 is 24.4 Å². The molecule has 214 valence electrons. The molecule has 1 aliphatic rings. The Hall–Kier alpha value is -3.47. The Morgan fingerprint density at radius 3 is 2.41 bits per heavy atom. The SMILES string of the molecule is COc1cccc(CN(C(=O)CCCN(c2ccc3c(c2)OCCO3)S(C)(=O)=O)[C@H](C)C(=O)NC(C)(C)C)c1. The summed E-state index contributed by atoms with van der Waals surface area (Å²) in [7, 11) is -2.07. The van der Waals surface area contributed by atoms with Crippen LogP contribution in [0.25, 0.3) is 0 Å². The minimum atomic E-state index is -3.63. The lowest BCUT2D eigenvalue weighted by molar-refractivity contribution is -0.141. The first-order chi connectivity index (χ1) is 18.3. The van der Waals surface area contributed by atoms with Gasteiger partial charge in [-0.1, -0.05) is 12.1 Å². The van der Waals surface area contributed by atoms with Crippen LogP contribution in [0.2, 0.25) is 0 Å². The van der Waals surface area contributed by atoms with Gasteiger partial charge in [-0.3, -0.25) is 13.9 Å². The predicted octanol–water partition coefficient (Wildman–Crippen LogP) is 3.34. The van der Waals surface area contributed by atoms with Crippen LogP contribution in [0.15, 0.2) is 42.5 Å². The molecule has 2 aromatic rings. The second-order valence-electron chi connectivity index (χ2n) is 10.6. The molecule has 0 aliphatic carbocycles. The van der Waals surface area contributed by atoms with E-state index in [9.17, 15) is 18.0 Å². The number of sulfonamides is 1. The highest BCUT2D eigenvalue weighted by molar-refractivity contribution is 7.92. The van der Waals surface area contributed by atoms with Crippen molar-refractivity contribution in [1.29, 1.82) is 0 Å². The van der Waals surface area contributed by atoms with Gasteiger partial charge in [-0.15, -0.1) is 0 Å². The average Bonchev–Trinajstić information content (AvgIpc) is 2.87. The van der Waals surface area contributed by atoms with Gasteiger partial charge in [0.1, 0.15) is 25.0 Å². The van der Waals surface area contributed by atoms with Crippen molar-refractivity contribution in [1.82, 2.24) is 10.2 Å². The summed E-state index contributed by atoms with van der Waals surface area (Å²) in [5, 5.41) is 2.94. The third-order valence-corrected chi connectivity index (χ3v) is 7.31. The molecule has 39 heavy (non-hydrogen) atoms. The lowest BCUT2D eigenvalue weighted by atomic mass is 10.1. The molecule has 0 aromatic heterocycles. The van der Waals surface area contributed by atoms with E-state index in [1.807, 2.05) is 45.0 Å². The number of nitrogens with one attached hydrogen (secondary N) is 1. The predicted molar refractivity (Wildman–Crippen MR) is 150 cm³/mol. The van der Waals surface area contributed by atoms with Crippen LogP contribution in [0.3, 0.4) is 0 Å². The molecule has 0 saturated heterocycles. The van der Waals surface area contributed by atoms with Crippen molar-refractivity contribution >= 4 is 27.5 Å². The molecule has 1 atom stereocenters. The number of fused-ring (bicyclic) bond motifs is 1. The molecule has 0 fully saturated rings. The Labute approximate surface area is 231 Å². The molecule has 2 aromatic carbocycles. The van der Waals surface area contributed by atoms with Gasteiger partial charge in [0.15, 0.2) is 11.5 Å². The first-order valence-electron chi connectivity index (χ1n) is 12.9. The number of ether oxygens (including phenoxy) is 3. The first-order valence-corrected chi connectivity index (χ1v) is 14.7. The molecule has 11 heteroatoms. The number of benzene rings is 2. The minimum Gasteiger partial charge on any atom is -0.497 e. The van der Waals surface area contributed by atoms with E-state index in [2.05, 4.69) is 5.32 Å². The molecule has 0 saturated carbocycles. The third kappa shape index (κ3) is 8.51. The van der Waals surface area contributed by atoms with Gasteiger partial charge in [-0.2, -0.15) is 0 Å². The van der Waals surface area contributed by atoms with Gasteiger partial charge in [0.05, 0.1) is 19.1 Å². The summed E-state index contributed by atoms with van der Waals surface area (Å²) >= 11 is 0. The van der Waals surface area contributed by atoms with Gasteiger partial charge in [-0.25, -0.2) is 8.42 Å². The molecule has 0 spiro atoms. The highest BCUT2D eigenvalue weighted by Crippen LogP contribution is 2.34. The second-order valence-corrected chi connectivity index (χ2v) is 12.5. The maximum absolute atomic E-state index is 13.5. The number of hydrogen-bond acceptors (Lipinski definition) is 7. The van der Waals surface area contributed by atoms with Crippen molar-refractivity contribution in [3.05, 3.63) is 48.0 Å². The fourth-order valence-corrected chi connectivity index (χ4v) is 5.17. The molecule has 0 unspecified atom stereocenters. The zero-order valence-electron chi connectivity index (χ0n) is 23.5. The third-order valence-electron chi connectivity index (χ3n) is 6.12. The van der Waals surface area contributed by atoms with Crippen molar-refractivity contribution in [2.45, 2.75) is 58.7 Å². The average molecular weight is 562 g/mol. The van der Waals surface area contributed by atoms with Gasteiger partial charge in [0.2, 0.25) is 21.8 Å². The van der Waals surface area contributed by atoms with Crippen LogP contribution in [-0.4, -0.2) is 69.8 Å². The summed E-state index contributed by atoms with van der Waals surface area (Å²) in [6.07, 6.45) is 1.43. The zero-order chi connectivity index (χ0) is 28.8. The molecule has 1 heterocycles. The Kier molecular flexibility index (Phi) is 9.71. The quantitative estimate of drug-likeness (QED) is 0.448. The minimum absolute atomic E-state index is 0.0493. The number of anilines is 1. The molecule has 10 nitrogen and oxygen atoms in total. The second kappa shape index (κ2) is 12.6. The molecular weight excluding hydrogens is 522 g/mol. The number of methoxy groups -OCH3 is 1. The maximum atomic E-state index is 13.5. The summed E-state index contributed by atoms with van der Waals surface area (Å²) in [4.78, 5) is 28.0. The van der Waals surface area contributed by atoms with Gasteiger partial charge in [-0.05, 0) is 63.9 Å². The Balaban J connectivity index is 1.76. The standard InChI is InChI=1S/C28H39N3O7S/c1-20(27(33)29-28(2,3)4)30(19-21-9-7-10-23(17-21)36-5)26(32)11-8-14-31(39(6,34)35)22-12-13-24-25(18-22)38-16-15-37-24/h7,9-10,12-13,17-18,20H,8,11,14-16,19H2,1-6H3,(H,29,33)/t20-/m1/s1. The highest BCUT2D eigenvalue weighted by atomic mass is 32.2. The van der Waals surface area contributed by atoms with E-state index in [4.69, 9.17) is 14.2 Å². The van der Waals surface area contributed by atoms with E-state index in [0.29, 0.717) is 36.1 Å². The number of carbonyl (C=O) groups is 2. The molecule has 3 rings (SSSR count). The normalized spacial score (nSPS) is 13.8. The lowest BCUT2D eigenvalue weighted by Gasteiger charge is -2.32. The van der Waals surface area contributed by atoms with Gasteiger partial charge in [0, 0.05) is 31.1 Å². The van der Waals surface area contributed by atoms with Crippen LogP contribution in [0.4, 0.5) is 5.69 Å². The van der Waals surface area contributed by atoms with E-state index in [1.165, 1.54) is 9.21 Å². The molecular formula is C28H39N3O7S. The smallest absolute Gasteiger partial charge is 0.242 e. The number of rotatable bonds is 11. The van der Waals surface area contributed by atoms with Crippen molar-refractivity contribution in [3.8, 4) is 17.2 Å². The van der Waals surface area contributed by atoms with Crippen LogP contribution in [0.5, 0.6) is 17.2 Å². The summed E-state index contributed by atoms with van der Waals surface area (Å²) < 4.78 is 43.0. The van der Waals surface area contributed by atoms with E-state index in [-0.39, 0.29) is 37.7 Å². The highest BCUT2D eigenvalue weighted by Gasteiger charge is 2.29. The fraction of sp³-hybridized carbons (Fsp3) is 0.500. The number of amides is 2. The number of hydrogen-bond donors (Lipinski definition) is 1. The topological polar surface area (TPSA) is 114 Å². The summed E-state index contributed by atoms with van der Waals surface area (Å²) in [5.41, 5.74) is 0.780. The van der Waals surface area contributed by atoms with Crippen molar-refractivity contribution in [2.24, 2.45) is 0 Å². The number of carbonyl (C=O) groups excluding carboxylic acids is 2. The van der Waals surface area contributed by atoms with Crippen LogP contribution in [0, 0.1) is 0 Å². The van der Waals surface area contributed by atoms with Crippen molar-refractivity contribution in [2.75, 3.05) is 37.4 Å². The van der Waals surface area contributed by atoms with Gasteiger partial charge >= 0.3 is 0 Å². The largest absolute Gasteiger partial charge is 0.497 e. The lowest BCUT2D eigenvalue weighted by Crippen LogP contribution is -2.52. The Bertz CT molecular complexity index is 1270. The van der Waals surface area contributed by atoms with Crippen LogP contribution in [0.1, 0.15) is 46.1 Å². The van der Waals surface area contributed by atoms with E-state index >= 15 is 0 Å². The first kappa shape index (κ1) is 30.1. The van der Waals surface area contributed by atoms with Gasteiger partial charge in [0.25, 0.3) is 0 Å². The maximum Gasteiger partial charge on any atom is 0.242 e. The molecule has 1 aliphatic heterocycles. The molecule has 0 radical (unpaired) electrons. The summed E-state index contributed by atoms with van der Waals surface area (Å²) in [6, 6.07) is 11.5. The van der Waals surface area contributed by atoms with E-state index in [1.54, 1.807) is 32.2 Å². The van der Waals surface area contributed by atoms with Crippen LogP contribution in [-0.2, 0) is 26.2 Å². The van der Waals surface area contributed by atoms with Crippen LogP contribution >= 0.6 is 0 Å². The Morgan fingerprint density at radius 2 is 1.77 bits per heavy atom. The van der Waals surface area contributed by atoms with E-state index in [0.717, 1.165) is 11.8 Å². The Morgan fingerprint density at radius 1 is 1.08 bits per heavy atom. The monoisotopic (exact) mass is 561 g/mol. The number of nitrogens with zero attached hydrogens (tertiary/aromatic N) is 2. The van der Waals surface area contributed by atoms with Crippen molar-refractivity contribution in [3.63, 3.8) is 0 Å². The van der Waals surface area contributed by atoms with Crippen molar-refractivity contribution < 1.29 is 32.2 Å².